The van der Waals surface area contributed by atoms with Gasteiger partial charge in [-0.25, -0.2) is 0 Å². The summed E-state index contributed by atoms with van der Waals surface area (Å²) >= 11 is 0. The fourth-order valence-corrected chi connectivity index (χ4v) is 5.63. The quantitative estimate of drug-likeness (QED) is 0.0484. The Balaban J connectivity index is 3.32. The number of quaternary nitrogens is 1. The third-order valence-corrected chi connectivity index (χ3v) is 8.39. The van der Waals surface area contributed by atoms with E-state index in [1.807, 2.05) is 0 Å². The molecular weight excluding hydrogens is 446 g/mol. The van der Waals surface area contributed by atoms with Gasteiger partial charge in [0.25, 0.3) is 0 Å². The van der Waals surface area contributed by atoms with Gasteiger partial charge in [0.15, 0.2) is 0 Å². The summed E-state index contributed by atoms with van der Waals surface area (Å²) in [6.45, 7) is 7.36. The van der Waals surface area contributed by atoms with Crippen LogP contribution in [0.1, 0.15) is 194 Å². The average Bonchev–Trinajstić information content (AvgIpc) is 2.88. The zero-order valence-electron chi connectivity index (χ0n) is 26.8. The molecule has 0 bridgehead atoms. The van der Waals surface area contributed by atoms with Gasteiger partial charge in [-0.3, -0.25) is 0 Å². The molecule has 0 atom stereocenters. The van der Waals surface area contributed by atoms with Gasteiger partial charge in [0.2, 0.25) is 0 Å². The van der Waals surface area contributed by atoms with Gasteiger partial charge in [0, 0.05) is 0 Å². The Morgan fingerprint density at radius 1 is 0.324 bits per heavy atom. The Morgan fingerprint density at radius 2 is 0.568 bits per heavy atom. The molecular formula is C36H74N+. The van der Waals surface area contributed by atoms with Crippen LogP contribution in [0, 0.1) is 0 Å². The highest BCUT2D eigenvalue weighted by atomic mass is 15.3. The molecule has 0 radical (unpaired) electrons. The van der Waals surface area contributed by atoms with Crippen LogP contribution >= 0.6 is 0 Å². The van der Waals surface area contributed by atoms with Crippen molar-refractivity contribution in [1.29, 1.82) is 0 Å². The Bertz CT molecular complexity index is 438. The molecule has 0 aliphatic carbocycles. The van der Waals surface area contributed by atoms with E-state index in [-0.39, 0.29) is 0 Å². The maximum absolute atomic E-state index is 2.46. The molecule has 0 aromatic heterocycles. The Labute approximate surface area is 237 Å². The summed E-state index contributed by atoms with van der Waals surface area (Å²) in [6, 6.07) is 0. The van der Waals surface area contributed by atoms with Crippen LogP contribution in [0.4, 0.5) is 0 Å². The van der Waals surface area contributed by atoms with Gasteiger partial charge in [-0.2, -0.15) is 0 Å². The van der Waals surface area contributed by atoms with Crippen LogP contribution < -0.4 is 0 Å². The molecule has 0 amide bonds. The predicted molar refractivity (Wildman–Crippen MR) is 172 cm³/mol. The van der Waals surface area contributed by atoms with Gasteiger partial charge in [-0.05, 0) is 51.4 Å². The van der Waals surface area contributed by atoms with Crippen molar-refractivity contribution in [2.45, 2.75) is 194 Å². The predicted octanol–water partition coefficient (Wildman–Crippen LogP) is 12.6. The van der Waals surface area contributed by atoms with Crippen molar-refractivity contribution in [1.82, 2.24) is 0 Å². The zero-order chi connectivity index (χ0) is 27.1. The van der Waals surface area contributed by atoms with E-state index in [0.29, 0.717) is 0 Å². The molecule has 1 heteroatoms. The minimum Gasteiger partial charge on any atom is -0.328 e. The smallest absolute Gasteiger partial charge is 0.0782 e. The lowest BCUT2D eigenvalue weighted by atomic mass is 10.0. The zero-order valence-corrected chi connectivity index (χ0v) is 26.8. The number of hydrogen-bond acceptors (Lipinski definition) is 0. The van der Waals surface area contributed by atoms with Crippen molar-refractivity contribution in [2.75, 3.05) is 27.2 Å². The lowest BCUT2D eigenvalue weighted by Crippen LogP contribution is -2.41. The Hall–Kier alpha value is -0.300. The summed E-state index contributed by atoms with van der Waals surface area (Å²) in [5.41, 5.74) is 0. The first-order chi connectivity index (χ1) is 18.1. The first-order valence-corrected chi connectivity index (χ1v) is 17.6. The van der Waals surface area contributed by atoms with Gasteiger partial charge in [0.1, 0.15) is 0 Å². The largest absolute Gasteiger partial charge is 0.328 e. The van der Waals surface area contributed by atoms with Gasteiger partial charge in [-0.15, -0.1) is 0 Å². The Kier molecular flexibility index (Phi) is 30.0. The summed E-state index contributed by atoms with van der Waals surface area (Å²) < 4.78 is 1.24. The van der Waals surface area contributed by atoms with E-state index in [1.165, 1.54) is 197 Å². The number of nitrogens with zero attached hydrogens (tertiary/aromatic N) is 1. The third kappa shape index (κ3) is 31.8. The van der Waals surface area contributed by atoms with E-state index < -0.39 is 0 Å². The topological polar surface area (TPSA) is 0 Å². The van der Waals surface area contributed by atoms with E-state index in [9.17, 15) is 0 Å². The average molecular weight is 521 g/mol. The normalized spacial score (nSPS) is 12.2. The molecule has 0 rings (SSSR count). The van der Waals surface area contributed by atoms with Crippen molar-refractivity contribution in [3.8, 4) is 0 Å². The van der Waals surface area contributed by atoms with E-state index in [2.05, 4.69) is 40.1 Å². The van der Waals surface area contributed by atoms with Gasteiger partial charge >= 0.3 is 0 Å². The van der Waals surface area contributed by atoms with Crippen molar-refractivity contribution < 1.29 is 4.48 Å². The van der Waals surface area contributed by atoms with Crippen molar-refractivity contribution >= 4 is 0 Å². The molecule has 0 aliphatic rings. The van der Waals surface area contributed by atoms with Crippen molar-refractivity contribution in [2.24, 2.45) is 0 Å². The molecule has 37 heavy (non-hydrogen) atoms. The van der Waals surface area contributed by atoms with E-state index in [0.717, 1.165) is 0 Å². The minimum absolute atomic E-state index is 1.24. The molecule has 0 N–H and O–H groups in total. The first kappa shape index (κ1) is 36.7. The fourth-order valence-electron chi connectivity index (χ4n) is 5.63. The lowest BCUT2D eigenvalue weighted by Gasteiger charge is -2.30. The first-order valence-electron chi connectivity index (χ1n) is 17.6. The highest BCUT2D eigenvalue weighted by Gasteiger charge is 2.13. The summed E-state index contributed by atoms with van der Waals surface area (Å²) in [5, 5.41) is 0. The number of rotatable bonds is 31. The SMILES string of the molecule is CCCCCCCCC=CCCCCCCCC[N+](C)(C)CCCCCCCCCCCCCCCC. The van der Waals surface area contributed by atoms with Crippen LogP contribution in [0.25, 0.3) is 0 Å². The van der Waals surface area contributed by atoms with E-state index >= 15 is 0 Å². The van der Waals surface area contributed by atoms with Crippen LogP contribution in [-0.2, 0) is 0 Å². The van der Waals surface area contributed by atoms with Crippen LogP contribution in [0.3, 0.4) is 0 Å². The lowest BCUT2D eigenvalue weighted by molar-refractivity contribution is -0.890. The van der Waals surface area contributed by atoms with Gasteiger partial charge in [0.05, 0.1) is 27.2 Å². The molecule has 0 heterocycles. The standard InChI is InChI=1S/C36H74N/c1-5-7-9-11-13-15-17-19-21-22-24-26-28-30-32-34-36-37(3,4)35-33-31-29-27-25-23-20-18-16-14-12-10-8-6-2/h19,21H,5-18,20,22-36H2,1-4H3/q+1. The van der Waals surface area contributed by atoms with Gasteiger partial charge < -0.3 is 4.48 Å². The van der Waals surface area contributed by atoms with Gasteiger partial charge in [-0.1, -0.05) is 154 Å². The fraction of sp³-hybridized carbons (Fsp3) is 0.944. The van der Waals surface area contributed by atoms with E-state index in [1.54, 1.807) is 0 Å². The molecule has 222 valence electrons. The number of hydrogen-bond donors (Lipinski definition) is 0. The molecule has 0 saturated carbocycles. The second-order valence-corrected chi connectivity index (χ2v) is 12.9. The maximum atomic E-state index is 2.46. The maximum Gasteiger partial charge on any atom is 0.0782 e. The number of unbranched alkanes of at least 4 members (excludes halogenated alkanes) is 25. The van der Waals surface area contributed by atoms with Crippen LogP contribution in [0.5, 0.6) is 0 Å². The van der Waals surface area contributed by atoms with Crippen LogP contribution in [0.2, 0.25) is 0 Å². The monoisotopic (exact) mass is 521 g/mol. The molecule has 0 saturated heterocycles. The second kappa shape index (κ2) is 30.2. The molecule has 1 nitrogen and oxygen atoms in total. The summed E-state index contributed by atoms with van der Waals surface area (Å²) in [4.78, 5) is 0. The summed E-state index contributed by atoms with van der Waals surface area (Å²) in [6.07, 6.45) is 45.0. The molecule has 0 unspecified atom stereocenters. The summed E-state index contributed by atoms with van der Waals surface area (Å²) in [7, 11) is 4.92. The van der Waals surface area contributed by atoms with Crippen molar-refractivity contribution in [3.63, 3.8) is 0 Å². The summed E-state index contributed by atoms with van der Waals surface area (Å²) in [5.74, 6) is 0. The molecule has 0 spiro atoms. The van der Waals surface area contributed by atoms with Crippen LogP contribution in [-0.4, -0.2) is 31.7 Å². The second-order valence-electron chi connectivity index (χ2n) is 12.9. The minimum atomic E-state index is 1.24. The highest BCUT2D eigenvalue weighted by Crippen LogP contribution is 2.15. The number of allylic oxidation sites excluding steroid dienone is 2. The molecule has 0 aromatic carbocycles. The molecule has 0 fully saturated rings. The molecule has 0 aliphatic heterocycles. The molecule has 0 aromatic rings. The van der Waals surface area contributed by atoms with Crippen LogP contribution in [0.15, 0.2) is 12.2 Å². The highest BCUT2D eigenvalue weighted by molar-refractivity contribution is 4.81. The third-order valence-electron chi connectivity index (χ3n) is 8.39. The Morgan fingerprint density at radius 3 is 0.865 bits per heavy atom. The van der Waals surface area contributed by atoms with Crippen molar-refractivity contribution in [3.05, 3.63) is 12.2 Å². The van der Waals surface area contributed by atoms with E-state index in [4.69, 9.17) is 0 Å².